The van der Waals surface area contributed by atoms with Gasteiger partial charge in [-0.05, 0) is 43.7 Å². The Kier molecular flexibility index (Phi) is 11.0. The maximum atomic E-state index is 14.9. The van der Waals surface area contributed by atoms with Gasteiger partial charge in [-0.3, -0.25) is 0 Å². The van der Waals surface area contributed by atoms with E-state index in [0.29, 0.717) is 17.8 Å². The largest absolute Gasteiger partial charge is 0.379 e. The molecule has 0 aliphatic carbocycles. The molecule has 1 atom stereocenters. The van der Waals surface area contributed by atoms with Gasteiger partial charge in [-0.25, -0.2) is 18.7 Å². The maximum Gasteiger partial charge on any atom is 0.167 e. The Balaban J connectivity index is 1.57. The highest BCUT2D eigenvalue weighted by atomic mass is 19.2. The molecule has 0 spiro atoms. The fraction of sp³-hybridized carbons (Fsp3) is 0.355. The fourth-order valence-electron chi connectivity index (χ4n) is 3.95. The molecule has 0 bridgehead atoms. The Hall–Kier alpha value is -3.18. The highest BCUT2D eigenvalue weighted by molar-refractivity contribution is 5.71. The number of rotatable bonds is 14. The lowest BCUT2D eigenvalue weighted by atomic mass is 9.99. The Morgan fingerprint density at radius 3 is 2.33 bits per heavy atom. The third kappa shape index (κ3) is 7.92. The minimum absolute atomic E-state index is 0.222. The molecule has 1 unspecified atom stereocenters. The molecular formula is C31H36F2N2O. The molecule has 0 amide bonds. The first-order valence-corrected chi connectivity index (χ1v) is 12.8. The standard InChI is InChI=1S/C31H36F2N2O/c1-4-6-10-20-36-23(3)12-8-7-9-13-26-18-19-28(31(33)30(26)32)25-16-14-24(15-17-25)27-21-34-29(11-5-2)35-22-27/h5,9,13-19,21-23H,2,4,6-8,10-12,20H2,1,3H3. The first kappa shape index (κ1) is 27.4. The molecule has 0 saturated carbocycles. The van der Waals surface area contributed by atoms with Gasteiger partial charge in [0, 0.05) is 42.1 Å². The lowest BCUT2D eigenvalue weighted by Crippen LogP contribution is -2.08. The van der Waals surface area contributed by atoms with Crippen LogP contribution in [0.3, 0.4) is 0 Å². The normalized spacial score (nSPS) is 12.2. The molecule has 1 heterocycles. The van der Waals surface area contributed by atoms with Gasteiger partial charge in [0.25, 0.3) is 0 Å². The van der Waals surface area contributed by atoms with Crippen molar-refractivity contribution in [1.29, 1.82) is 0 Å². The molecule has 0 fully saturated rings. The molecule has 3 aromatic rings. The van der Waals surface area contributed by atoms with Gasteiger partial charge in [-0.1, -0.05) is 74.4 Å². The van der Waals surface area contributed by atoms with Crippen molar-refractivity contribution in [2.24, 2.45) is 0 Å². The van der Waals surface area contributed by atoms with E-state index in [2.05, 4.69) is 30.4 Å². The molecule has 0 saturated heterocycles. The molecule has 3 nitrogen and oxygen atoms in total. The molecule has 190 valence electrons. The first-order valence-electron chi connectivity index (χ1n) is 12.8. The monoisotopic (exact) mass is 490 g/mol. The van der Waals surface area contributed by atoms with E-state index >= 15 is 0 Å². The quantitative estimate of drug-likeness (QED) is 0.168. The topological polar surface area (TPSA) is 35.0 Å². The fourth-order valence-corrected chi connectivity index (χ4v) is 3.95. The van der Waals surface area contributed by atoms with Gasteiger partial charge in [0.05, 0.1) is 6.10 Å². The molecule has 2 aromatic carbocycles. The third-order valence-electron chi connectivity index (χ3n) is 6.10. The van der Waals surface area contributed by atoms with Gasteiger partial charge in [0.2, 0.25) is 0 Å². The van der Waals surface area contributed by atoms with Crippen LogP contribution in [0.4, 0.5) is 8.78 Å². The molecule has 1 aromatic heterocycles. The number of nitrogens with zero attached hydrogens (tertiary/aromatic N) is 2. The number of aromatic nitrogens is 2. The van der Waals surface area contributed by atoms with Crippen LogP contribution in [0.15, 0.2) is 67.5 Å². The number of ether oxygens (including phenoxy) is 1. The maximum absolute atomic E-state index is 14.9. The second-order valence-corrected chi connectivity index (χ2v) is 9.01. The summed E-state index contributed by atoms with van der Waals surface area (Å²) in [4.78, 5) is 8.64. The van der Waals surface area contributed by atoms with E-state index in [1.54, 1.807) is 48.8 Å². The van der Waals surface area contributed by atoms with Crippen molar-refractivity contribution in [3.8, 4) is 22.3 Å². The second kappa shape index (κ2) is 14.4. The molecule has 0 aliphatic heterocycles. The van der Waals surface area contributed by atoms with E-state index in [0.717, 1.165) is 43.4 Å². The van der Waals surface area contributed by atoms with Crippen molar-refractivity contribution in [2.75, 3.05) is 6.61 Å². The Morgan fingerprint density at radius 2 is 1.64 bits per heavy atom. The molecule has 36 heavy (non-hydrogen) atoms. The van der Waals surface area contributed by atoms with Gasteiger partial charge in [0.1, 0.15) is 5.82 Å². The van der Waals surface area contributed by atoms with Crippen LogP contribution < -0.4 is 0 Å². The summed E-state index contributed by atoms with van der Waals surface area (Å²) in [6.07, 6.45) is 15.8. The van der Waals surface area contributed by atoms with Crippen molar-refractivity contribution in [1.82, 2.24) is 9.97 Å². The predicted octanol–water partition coefficient (Wildman–Crippen LogP) is 8.60. The van der Waals surface area contributed by atoms with Crippen molar-refractivity contribution in [3.63, 3.8) is 0 Å². The van der Waals surface area contributed by atoms with Gasteiger partial charge in [-0.15, -0.1) is 6.58 Å². The third-order valence-corrected chi connectivity index (χ3v) is 6.10. The lowest BCUT2D eigenvalue weighted by molar-refractivity contribution is 0.0566. The second-order valence-electron chi connectivity index (χ2n) is 9.01. The summed E-state index contributed by atoms with van der Waals surface area (Å²) in [6.45, 7) is 8.76. The van der Waals surface area contributed by atoms with Crippen molar-refractivity contribution >= 4 is 6.08 Å². The summed E-state index contributed by atoms with van der Waals surface area (Å²) in [5.41, 5.74) is 2.88. The zero-order valence-electron chi connectivity index (χ0n) is 21.4. The van der Waals surface area contributed by atoms with Gasteiger partial charge < -0.3 is 4.74 Å². The van der Waals surface area contributed by atoms with E-state index in [1.807, 2.05) is 18.2 Å². The van der Waals surface area contributed by atoms with Crippen LogP contribution >= 0.6 is 0 Å². The Morgan fingerprint density at radius 1 is 0.917 bits per heavy atom. The van der Waals surface area contributed by atoms with Crippen molar-refractivity contribution in [2.45, 2.75) is 64.9 Å². The summed E-state index contributed by atoms with van der Waals surface area (Å²) in [6, 6.07) is 10.6. The predicted molar refractivity (Wildman–Crippen MR) is 145 cm³/mol. The molecule has 3 rings (SSSR count). The Bertz CT molecular complexity index is 1120. The summed E-state index contributed by atoms with van der Waals surface area (Å²) in [7, 11) is 0. The van der Waals surface area contributed by atoms with Gasteiger partial charge in [-0.2, -0.15) is 0 Å². The van der Waals surface area contributed by atoms with Crippen LogP contribution in [0.2, 0.25) is 0 Å². The van der Waals surface area contributed by atoms with Gasteiger partial charge in [0.15, 0.2) is 11.6 Å². The average Bonchev–Trinajstić information content (AvgIpc) is 2.90. The molecule has 0 radical (unpaired) electrons. The minimum atomic E-state index is -0.837. The number of allylic oxidation sites excluding steroid dienone is 2. The van der Waals surface area contributed by atoms with E-state index in [4.69, 9.17) is 4.74 Å². The van der Waals surface area contributed by atoms with E-state index < -0.39 is 11.6 Å². The summed E-state index contributed by atoms with van der Waals surface area (Å²) >= 11 is 0. The zero-order chi connectivity index (χ0) is 25.8. The van der Waals surface area contributed by atoms with E-state index in [-0.39, 0.29) is 17.2 Å². The van der Waals surface area contributed by atoms with Crippen LogP contribution in [0.1, 0.15) is 63.8 Å². The summed E-state index contributed by atoms with van der Waals surface area (Å²) in [5.74, 6) is -0.957. The molecule has 5 heteroatoms. The van der Waals surface area contributed by atoms with Crippen LogP contribution in [-0.2, 0) is 11.2 Å². The smallest absolute Gasteiger partial charge is 0.167 e. The van der Waals surface area contributed by atoms with E-state index in [9.17, 15) is 8.78 Å². The van der Waals surface area contributed by atoms with Crippen molar-refractivity contribution in [3.05, 3.63) is 90.5 Å². The zero-order valence-corrected chi connectivity index (χ0v) is 21.4. The number of hydrogen-bond acceptors (Lipinski definition) is 3. The van der Waals surface area contributed by atoms with E-state index in [1.165, 1.54) is 12.8 Å². The van der Waals surface area contributed by atoms with Crippen LogP contribution in [0, 0.1) is 11.6 Å². The number of unbranched alkanes of at least 4 members (excludes halogenated alkanes) is 3. The SMILES string of the molecule is C=CCc1ncc(-c2ccc(-c3ccc(C=CCCCC(C)OCCCCC)c(F)c3F)cc2)cn1. The van der Waals surface area contributed by atoms with Crippen LogP contribution in [-0.4, -0.2) is 22.7 Å². The highest BCUT2D eigenvalue weighted by Crippen LogP contribution is 2.29. The minimum Gasteiger partial charge on any atom is -0.379 e. The van der Waals surface area contributed by atoms with Crippen molar-refractivity contribution < 1.29 is 13.5 Å². The van der Waals surface area contributed by atoms with Crippen LogP contribution in [0.25, 0.3) is 28.3 Å². The molecule has 0 aliphatic rings. The molecular weight excluding hydrogens is 454 g/mol. The number of halogens is 2. The Labute approximate surface area is 214 Å². The summed E-state index contributed by atoms with van der Waals surface area (Å²) < 4.78 is 35.5. The molecule has 0 N–H and O–H groups in total. The highest BCUT2D eigenvalue weighted by Gasteiger charge is 2.14. The average molecular weight is 491 g/mol. The summed E-state index contributed by atoms with van der Waals surface area (Å²) in [5, 5.41) is 0. The number of hydrogen-bond donors (Lipinski definition) is 0. The first-order chi connectivity index (χ1) is 17.5. The lowest BCUT2D eigenvalue weighted by Gasteiger charge is -2.12. The van der Waals surface area contributed by atoms with Crippen LogP contribution in [0.5, 0.6) is 0 Å². The number of benzene rings is 2. The van der Waals surface area contributed by atoms with Gasteiger partial charge >= 0.3 is 0 Å².